The van der Waals surface area contributed by atoms with Crippen LogP contribution in [-0.4, -0.2) is 52.5 Å². The molecule has 0 aromatic heterocycles. The lowest BCUT2D eigenvalue weighted by atomic mass is 9.93. The van der Waals surface area contributed by atoms with Gasteiger partial charge in [0, 0.05) is 26.1 Å². The van der Waals surface area contributed by atoms with Gasteiger partial charge in [-0.3, -0.25) is 4.79 Å². The van der Waals surface area contributed by atoms with Crippen molar-refractivity contribution in [1.82, 2.24) is 14.9 Å². The highest BCUT2D eigenvalue weighted by Crippen LogP contribution is 2.20. The number of carbonyl (C=O) groups is 1. The summed E-state index contributed by atoms with van der Waals surface area (Å²) in [6.07, 6.45) is 3.03. The van der Waals surface area contributed by atoms with Crippen LogP contribution in [-0.2, 0) is 14.8 Å². The maximum absolute atomic E-state index is 13.2. The zero-order chi connectivity index (χ0) is 19.2. The number of halogens is 3. The number of nitrogens with one attached hydrogen (secondary N) is 2. The van der Waals surface area contributed by atoms with Gasteiger partial charge in [-0.25, -0.2) is 21.9 Å². The summed E-state index contributed by atoms with van der Waals surface area (Å²) in [7, 11) is -2.06. The van der Waals surface area contributed by atoms with Gasteiger partial charge in [0.1, 0.15) is 0 Å². The fourth-order valence-electron chi connectivity index (χ4n) is 3.00. The Bertz CT molecular complexity index is 726. The molecule has 6 nitrogen and oxygen atoms in total. The molecule has 1 aliphatic heterocycles. The van der Waals surface area contributed by atoms with Crippen molar-refractivity contribution in [3.05, 3.63) is 29.8 Å². The van der Waals surface area contributed by atoms with E-state index in [0.717, 1.165) is 37.9 Å². The van der Waals surface area contributed by atoms with E-state index in [1.165, 1.54) is 0 Å². The Morgan fingerprint density at radius 2 is 1.85 bits per heavy atom. The molecule has 0 aliphatic carbocycles. The first kappa shape index (κ1) is 23.7. The van der Waals surface area contributed by atoms with Gasteiger partial charge >= 0.3 is 0 Å². The highest BCUT2D eigenvalue weighted by atomic mass is 35.5. The molecular weight excluding hydrogens is 400 g/mol. The molecule has 154 valence electrons. The molecule has 2 N–H and O–H groups in total. The molecule has 10 heteroatoms. The molecule has 1 aromatic rings. The third-order valence-electron chi connectivity index (χ3n) is 4.60. The molecule has 1 aliphatic rings. The summed E-state index contributed by atoms with van der Waals surface area (Å²) in [5.74, 6) is -1.84. The van der Waals surface area contributed by atoms with Gasteiger partial charge in [-0.15, -0.1) is 12.4 Å². The van der Waals surface area contributed by atoms with E-state index >= 15 is 0 Å². The van der Waals surface area contributed by atoms with E-state index in [1.807, 2.05) is 7.05 Å². The molecule has 0 unspecified atom stereocenters. The summed E-state index contributed by atoms with van der Waals surface area (Å²) in [5, 5.41) is 3.12. The Kier molecular flexibility index (Phi) is 9.58. The second kappa shape index (κ2) is 10.9. The smallest absolute Gasteiger partial charge is 0.240 e. The lowest BCUT2D eigenvalue weighted by Crippen LogP contribution is -2.40. The quantitative estimate of drug-likeness (QED) is 0.666. The van der Waals surface area contributed by atoms with Crippen LogP contribution in [0.25, 0.3) is 0 Å². The normalized spacial score (nSPS) is 15.4. The predicted molar refractivity (Wildman–Crippen MR) is 101 cm³/mol. The van der Waals surface area contributed by atoms with Crippen molar-refractivity contribution in [2.75, 3.05) is 33.2 Å². The van der Waals surface area contributed by atoms with Crippen molar-refractivity contribution in [1.29, 1.82) is 0 Å². The topological polar surface area (TPSA) is 78.5 Å². The van der Waals surface area contributed by atoms with Crippen LogP contribution in [0.3, 0.4) is 0 Å². The van der Waals surface area contributed by atoms with Gasteiger partial charge in [-0.1, -0.05) is 0 Å². The first-order valence-electron chi connectivity index (χ1n) is 8.70. The fraction of sp³-hybridized carbons (Fsp3) is 0.588. The van der Waals surface area contributed by atoms with Crippen LogP contribution in [0.2, 0.25) is 0 Å². The van der Waals surface area contributed by atoms with Crippen LogP contribution in [0.15, 0.2) is 23.1 Å². The lowest BCUT2D eigenvalue weighted by molar-refractivity contribution is -0.132. The van der Waals surface area contributed by atoms with E-state index in [4.69, 9.17) is 0 Å². The molecule has 2 rings (SSSR count). The average Bonchev–Trinajstić information content (AvgIpc) is 2.62. The number of sulfonamides is 1. The number of piperidine rings is 1. The van der Waals surface area contributed by atoms with E-state index in [2.05, 4.69) is 10.0 Å². The molecule has 1 saturated heterocycles. The molecule has 27 heavy (non-hydrogen) atoms. The summed E-state index contributed by atoms with van der Waals surface area (Å²) in [6, 6.07) is 2.36. The second-order valence-electron chi connectivity index (χ2n) is 6.44. The van der Waals surface area contributed by atoms with Gasteiger partial charge in [0.15, 0.2) is 11.6 Å². The van der Waals surface area contributed by atoms with Crippen LogP contribution in [0, 0.1) is 17.6 Å². The maximum atomic E-state index is 13.2. The van der Waals surface area contributed by atoms with Crippen LogP contribution in [0.5, 0.6) is 0 Å². The SMILES string of the molecule is CNCCC1CCN(C(=O)CCNS(=O)(=O)c2ccc(F)c(F)c2)CC1.Cl. The van der Waals surface area contributed by atoms with E-state index in [-0.39, 0.29) is 36.2 Å². The molecule has 0 atom stereocenters. The number of likely N-dealkylation sites (tertiary alicyclic amines) is 1. The Hall–Kier alpha value is -1.29. The number of carbonyl (C=O) groups excluding carboxylic acids is 1. The van der Waals surface area contributed by atoms with Crippen molar-refractivity contribution < 1.29 is 22.0 Å². The number of hydrogen-bond donors (Lipinski definition) is 2. The number of nitrogens with zero attached hydrogens (tertiary/aromatic N) is 1. The summed E-state index contributed by atoms with van der Waals surface area (Å²) in [6.45, 7) is 2.25. The van der Waals surface area contributed by atoms with Crippen LogP contribution >= 0.6 is 12.4 Å². The van der Waals surface area contributed by atoms with Crippen LogP contribution in [0.4, 0.5) is 8.78 Å². The Balaban J connectivity index is 0.00000364. The first-order valence-corrected chi connectivity index (χ1v) is 10.2. The highest BCUT2D eigenvalue weighted by Gasteiger charge is 2.23. The highest BCUT2D eigenvalue weighted by molar-refractivity contribution is 7.89. The molecule has 0 spiro atoms. The molecule has 1 fully saturated rings. The van der Waals surface area contributed by atoms with E-state index < -0.39 is 21.7 Å². The molecular formula is C17H26ClF2N3O3S. The first-order chi connectivity index (χ1) is 12.3. The summed E-state index contributed by atoms with van der Waals surface area (Å²) in [4.78, 5) is 13.6. The molecule has 0 bridgehead atoms. The Labute approximate surface area is 165 Å². The lowest BCUT2D eigenvalue weighted by Gasteiger charge is -2.32. The minimum Gasteiger partial charge on any atom is -0.343 e. The number of amides is 1. The maximum Gasteiger partial charge on any atom is 0.240 e. The van der Waals surface area contributed by atoms with Crippen LogP contribution in [0.1, 0.15) is 25.7 Å². The second-order valence-corrected chi connectivity index (χ2v) is 8.21. The van der Waals surface area contributed by atoms with Gasteiger partial charge in [0.25, 0.3) is 0 Å². The van der Waals surface area contributed by atoms with Gasteiger partial charge in [0.2, 0.25) is 15.9 Å². The van der Waals surface area contributed by atoms with E-state index in [0.29, 0.717) is 25.1 Å². The monoisotopic (exact) mass is 425 g/mol. The van der Waals surface area contributed by atoms with E-state index in [1.54, 1.807) is 4.90 Å². The third-order valence-corrected chi connectivity index (χ3v) is 6.06. The van der Waals surface area contributed by atoms with Gasteiger partial charge in [-0.05, 0) is 57.0 Å². The minimum atomic E-state index is -3.98. The third kappa shape index (κ3) is 6.99. The zero-order valence-corrected chi connectivity index (χ0v) is 16.8. The molecule has 1 aromatic carbocycles. The van der Waals surface area contributed by atoms with Crippen molar-refractivity contribution in [2.45, 2.75) is 30.6 Å². The standard InChI is InChI=1S/C17H25F2N3O3S.ClH/c1-20-8-4-13-6-10-22(11-7-13)17(23)5-9-21-26(24,25)14-2-3-15(18)16(19)12-14;/h2-3,12-13,20-21H,4-11H2,1H3;1H. The summed E-state index contributed by atoms with van der Waals surface area (Å²) in [5.41, 5.74) is 0. The van der Waals surface area contributed by atoms with Crippen molar-refractivity contribution in [3.8, 4) is 0 Å². The van der Waals surface area contributed by atoms with E-state index in [9.17, 15) is 22.0 Å². The molecule has 0 saturated carbocycles. The van der Waals surface area contributed by atoms with Crippen molar-refractivity contribution >= 4 is 28.3 Å². The Morgan fingerprint density at radius 1 is 1.19 bits per heavy atom. The molecule has 0 radical (unpaired) electrons. The molecule has 1 heterocycles. The van der Waals surface area contributed by atoms with Gasteiger partial charge in [-0.2, -0.15) is 0 Å². The van der Waals surface area contributed by atoms with Crippen LogP contribution < -0.4 is 10.0 Å². The number of benzene rings is 1. The summed E-state index contributed by atoms with van der Waals surface area (Å²) < 4.78 is 52.5. The Morgan fingerprint density at radius 3 is 2.44 bits per heavy atom. The number of hydrogen-bond acceptors (Lipinski definition) is 4. The van der Waals surface area contributed by atoms with Crippen molar-refractivity contribution in [2.24, 2.45) is 5.92 Å². The molecule has 1 amide bonds. The zero-order valence-electron chi connectivity index (χ0n) is 15.2. The van der Waals surface area contributed by atoms with Gasteiger partial charge < -0.3 is 10.2 Å². The van der Waals surface area contributed by atoms with Crippen molar-refractivity contribution in [3.63, 3.8) is 0 Å². The number of rotatable bonds is 8. The predicted octanol–water partition coefficient (Wildman–Crippen LogP) is 1.90. The van der Waals surface area contributed by atoms with Gasteiger partial charge in [0.05, 0.1) is 4.90 Å². The summed E-state index contributed by atoms with van der Waals surface area (Å²) >= 11 is 0. The largest absolute Gasteiger partial charge is 0.343 e. The fourth-order valence-corrected chi connectivity index (χ4v) is 4.04. The average molecular weight is 426 g/mol. The minimum absolute atomic E-state index is 0.